The molecule has 7 heteroatoms. The van der Waals surface area contributed by atoms with Crippen molar-refractivity contribution in [3.63, 3.8) is 0 Å². The molecule has 0 saturated carbocycles. The third kappa shape index (κ3) is 3.58. The van der Waals surface area contributed by atoms with Crippen LogP contribution in [-0.2, 0) is 0 Å². The van der Waals surface area contributed by atoms with Crippen LogP contribution in [0.5, 0.6) is 0 Å². The highest BCUT2D eigenvalue weighted by Crippen LogP contribution is 1.93. The molecular weight excluding hydrogens is 208 g/mol. The summed E-state index contributed by atoms with van der Waals surface area (Å²) in [6, 6.07) is 0.0610. The van der Waals surface area contributed by atoms with E-state index in [4.69, 9.17) is 0 Å². The van der Waals surface area contributed by atoms with Crippen molar-refractivity contribution in [2.24, 2.45) is 0 Å². The first-order chi connectivity index (χ1) is 7.67. The lowest BCUT2D eigenvalue weighted by molar-refractivity contribution is 0.0920. The lowest BCUT2D eigenvalue weighted by Gasteiger charge is -2.22. The van der Waals surface area contributed by atoms with E-state index in [1.54, 1.807) is 0 Å². The van der Waals surface area contributed by atoms with Crippen LogP contribution in [0.3, 0.4) is 0 Å². The molecule has 1 heterocycles. The number of H-pyrrole nitrogens is 1. The third-order valence-electron chi connectivity index (χ3n) is 2.35. The van der Waals surface area contributed by atoms with Crippen molar-refractivity contribution in [2.45, 2.75) is 26.8 Å². The first-order valence-electron chi connectivity index (χ1n) is 5.44. The highest BCUT2D eigenvalue weighted by Gasteiger charge is 2.14. The van der Waals surface area contributed by atoms with Gasteiger partial charge in [-0.05, 0) is 25.2 Å². The lowest BCUT2D eigenvalue weighted by Crippen LogP contribution is -2.42. The van der Waals surface area contributed by atoms with Gasteiger partial charge in [0.2, 0.25) is 0 Å². The van der Waals surface area contributed by atoms with Crippen LogP contribution < -0.4 is 5.32 Å². The molecule has 90 valence electrons. The van der Waals surface area contributed by atoms with E-state index < -0.39 is 0 Å². The molecule has 1 rings (SSSR count). The van der Waals surface area contributed by atoms with Crippen LogP contribution in [0.15, 0.2) is 0 Å². The Labute approximate surface area is 94.6 Å². The molecule has 7 nitrogen and oxygen atoms in total. The van der Waals surface area contributed by atoms with Gasteiger partial charge in [-0.3, -0.25) is 4.79 Å². The van der Waals surface area contributed by atoms with Crippen molar-refractivity contribution in [3.05, 3.63) is 5.82 Å². The fraction of sp³-hybridized carbons (Fsp3) is 0.778. The number of hydrogen-bond donors (Lipinski definition) is 2. The van der Waals surface area contributed by atoms with Crippen molar-refractivity contribution >= 4 is 5.91 Å². The maximum Gasteiger partial charge on any atom is 0.293 e. The second-order valence-corrected chi connectivity index (χ2v) is 3.60. The number of rotatable bonds is 6. The summed E-state index contributed by atoms with van der Waals surface area (Å²) in [6.45, 7) is 8.90. The molecule has 0 fully saturated rings. The van der Waals surface area contributed by atoms with Crippen molar-refractivity contribution in [3.8, 4) is 0 Å². The topological polar surface area (TPSA) is 86.8 Å². The molecule has 0 bridgehead atoms. The molecule has 2 N–H and O–H groups in total. The smallest absolute Gasteiger partial charge is 0.293 e. The molecule has 0 radical (unpaired) electrons. The molecule has 0 aromatic carbocycles. The van der Waals surface area contributed by atoms with Crippen molar-refractivity contribution < 1.29 is 4.79 Å². The molecule has 1 aromatic heterocycles. The number of tetrazole rings is 1. The maximum atomic E-state index is 11.6. The summed E-state index contributed by atoms with van der Waals surface area (Å²) in [5, 5.41) is 15.6. The van der Waals surface area contributed by atoms with Crippen molar-refractivity contribution in [1.29, 1.82) is 0 Å². The highest BCUT2D eigenvalue weighted by molar-refractivity contribution is 5.90. The average Bonchev–Trinajstić information content (AvgIpc) is 2.79. The number of amides is 1. The Morgan fingerprint density at radius 2 is 2.19 bits per heavy atom. The second-order valence-electron chi connectivity index (χ2n) is 3.60. The SMILES string of the molecule is CCN(CC)CC(C)NC(=O)c1nn[nH]n1. The summed E-state index contributed by atoms with van der Waals surface area (Å²) in [7, 11) is 0. The predicted octanol–water partition coefficient (Wildman–Crippen LogP) is -0.340. The Hall–Kier alpha value is -1.50. The van der Waals surface area contributed by atoms with Crippen LogP contribution in [0.2, 0.25) is 0 Å². The molecule has 1 amide bonds. The summed E-state index contributed by atoms with van der Waals surface area (Å²) in [6.07, 6.45) is 0. The van der Waals surface area contributed by atoms with E-state index in [1.807, 2.05) is 6.92 Å². The van der Waals surface area contributed by atoms with Crippen LogP contribution in [0.25, 0.3) is 0 Å². The Balaban J connectivity index is 2.39. The molecule has 0 aliphatic heterocycles. The molecule has 1 atom stereocenters. The first kappa shape index (κ1) is 12.6. The lowest BCUT2D eigenvalue weighted by atomic mass is 10.3. The van der Waals surface area contributed by atoms with E-state index in [1.165, 1.54) is 0 Å². The Morgan fingerprint density at radius 1 is 1.50 bits per heavy atom. The molecule has 0 aliphatic carbocycles. The summed E-state index contributed by atoms with van der Waals surface area (Å²) in [5.74, 6) is -0.222. The van der Waals surface area contributed by atoms with Crippen LogP contribution >= 0.6 is 0 Å². The van der Waals surface area contributed by atoms with E-state index in [9.17, 15) is 4.79 Å². The summed E-state index contributed by atoms with van der Waals surface area (Å²) in [4.78, 5) is 13.8. The number of carbonyl (C=O) groups excluding carboxylic acids is 1. The number of nitrogens with zero attached hydrogens (tertiary/aromatic N) is 4. The fourth-order valence-electron chi connectivity index (χ4n) is 1.46. The third-order valence-corrected chi connectivity index (χ3v) is 2.35. The predicted molar refractivity (Wildman–Crippen MR) is 58.9 cm³/mol. The van der Waals surface area contributed by atoms with Gasteiger partial charge in [0.15, 0.2) is 0 Å². The highest BCUT2D eigenvalue weighted by atomic mass is 16.2. The second kappa shape index (κ2) is 6.16. The number of aromatic nitrogens is 4. The number of nitrogens with one attached hydrogen (secondary N) is 2. The number of hydrogen-bond acceptors (Lipinski definition) is 5. The van der Waals surface area contributed by atoms with E-state index in [-0.39, 0.29) is 17.8 Å². The van der Waals surface area contributed by atoms with Crippen molar-refractivity contribution in [2.75, 3.05) is 19.6 Å². The van der Waals surface area contributed by atoms with Crippen LogP contribution in [0.1, 0.15) is 31.4 Å². The molecular formula is C9H18N6O. The number of carbonyl (C=O) groups is 1. The zero-order valence-corrected chi connectivity index (χ0v) is 9.90. The minimum absolute atomic E-state index is 0.0610. The minimum atomic E-state index is -0.298. The maximum absolute atomic E-state index is 11.6. The fourth-order valence-corrected chi connectivity index (χ4v) is 1.46. The summed E-state index contributed by atoms with van der Waals surface area (Å²) >= 11 is 0. The first-order valence-corrected chi connectivity index (χ1v) is 5.44. The van der Waals surface area contributed by atoms with Gasteiger partial charge >= 0.3 is 0 Å². The van der Waals surface area contributed by atoms with Crippen LogP contribution in [-0.4, -0.2) is 57.1 Å². The van der Waals surface area contributed by atoms with Gasteiger partial charge in [0.1, 0.15) is 0 Å². The largest absolute Gasteiger partial charge is 0.345 e. The van der Waals surface area contributed by atoms with E-state index in [0.717, 1.165) is 19.6 Å². The number of likely N-dealkylation sites (N-methyl/N-ethyl adjacent to an activating group) is 1. The van der Waals surface area contributed by atoms with Gasteiger partial charge in [-0.2, -0.15) is 5.21 Å². The molecule has 0 aliphatic rings. The molecule has 16 heavy (non-hydrogen) atoms. The quantitative estimate of drug-likeness (QED) is 0.693. The van der Waals surface area contributed by atoms with Gasteiger partial charge in [-0.15, -0.1) is 10.2 Å². The zero-order valence-electron chi connectivity index (χ0n) is 9.90. The monoisotopic (exact) mass is 226 g/mol. The van der Waals surface area contributed by atoms with E-state index in [0.29, 0.717) is 0 Å². The molecule has 1 aromatic rings. The average molecular weight is 226 g/mol. The van der Waals surface area contributed by atoms with Crippen LogP contribution in [0.4, 0.5) is 0 Å². The standard InChI is InChI=1S/C9H18N6O/c1-4-15(5-2)6-7(3)10-9(16)8-11-13-14-12-8/h7H,4-6H2,1-3H3,(H,10,16)(H,11,12,13,14). The van der Waals surface area contributed by atoms with Crippen molar-refractivity contribution in [1.82, 2.24) is 30.8 Å². The van der Waals surface area contributed by atoms with Crippen LogP contribution in [0, 0.1) is 0 Å². The normalized spacial score (nSPS) is 12.8. The Morgan fingerprint density at radius 3 is 2.69 bits per heavy atom. The van der Waals surface area contributed by atoms with Gasteiger partial charge < -0.3 is 10.2 Å². The van der Waals surface area contributed by atoms with E-state index in [2.05, 4.69) is 44.7 Å². The Kier molecular flexibility index (Phi) is 4.84. The van der Waals surface area contributed by atoms with E-state index >= 15 is 0 Å². The van der Waals surface area contributed by atoms with Gasteiger partial charge in [-0.1, -0.05) is 13.8 Å². The Bertz CT molecular complexity index is 308. The minimum Gasteiger partial charge on any atom is -0.345 e. The molecule has 0 spiro atoms. The van der Waals surface area contributed by atoms with Gasteiger partial charge in [0, 0.05) is 12.6 Å². The molecule has 0 saturated heterocycles. The zero-order chi connectivity index (χ0) is 12.0. The molecule has 1 unspecified atom stereocenters. The van der Waals surface area contributed by atoms with Gasteiger partial charge in [0.25, 0.3) is 11.7 Å². The summed E-state index contributed by atoms with van der Waals surface area (Å²) in [5.41, 5.74) is 0. The summed E-state index contributed by atoms with van der Waals surface area (Å²) < 4.78 is 0. The number of aromatic amines is 1. The van der Waals surface area contributed by atoms with Gasteiger partial charge in [0.05, 0.1) is 0 Å². The van der Waals surface area contributed by atoms with Gasteiger partial charge in [-0.25, -0.2) is 0 Å².